The van der Waals surface area contributed by atoms with Crippen LogP contribution in [0.15, 0.2) is 102 Å². The number of benzene rings is 4. The van der Waals surface area contributed by atoms with E-state index in [0.29, 0.717) is 11.6 Å². The van der Waals surface area contributed by atoms with Crippen molar-refractivity contribution in [3.8, 4) is 22.8 Å². The van der Waals surface area contributed by atoms with Gasteiger partial charge < -0.3 is 10.1 Å². The summed E-state index contributed by atoms with van der Waals surface area (Å²) in [5, 5.41) is 7.75. The SMILES string of the molecule is O=C(Cc1ccc2ccccc2c1)Nc1nc(-c2ccc(Oc3ccccc3)cc2)cs1. The van der Waals surface area contributed by atoms with E-state index < -0.39 is 0 Å². The molecular formula is C27H20N2O2S. The molecule has 1 aromatic heterocycles. The van der Waals surface area contributed by atoms with Crippen LogP contribution in [0.2, 0.25) is 0 Å². The first-order valence-electron chi connectivity index (χ1n) is 10.3. The summed E-state index contributed by atoms with van der Waals surface area (Å²) >= 11 is 1.42. The molecule has 0 saturated heterocycles. The summed E-state index contributed by atoms with van der Waals surface area (Å²) < 4.78 is 5.84. The standard InChI is InChI=1S/C27H20N2O2S/c30-26(17-19-10-11-20-6-4-5-7-22(20)16-19)29-27-28-25(18-32-27)21-12-14-24(15-13-21)31-23-8-2-1-3-9-23/h1-16,18H,17H2,(H,28,29,30). The Hall–Kier alpha value is -3.96. The van der Waals surface area contributed by atoms with Crippen LogP contribution < -0.4 is 10.1 Å². The second-order valence-corrected chi connectivity index (χ2v) is 8.24. The molecule has 0 aliphatic carbocycles. The van der Waals surface area contributed by atoms with Gasteiger partial charge >= 0.3 is 0 Å². The van der Waals surface area contributed by atoms with E-state index in [1.54, 1.807) is 0 Å². The fourth-order valence-corrected chi connectivity index (χ4v) is 4.22. The Kier molecular flexibility index (Phi) is 5.64. The lowest BCUT2D eigenvalue weighted by Crippen LogP contribution is -2.14. The maximum absolute atomic E-state index is 12.5. The van der Waals surface area contributed by atoms with Gasteiger partial charge in [-0.25, -0.2) is 4.98 Å². The van der Waals surface area contributed by atoms with E-state index in [2.05, 4.69) is 28.5 Å². The number of nitrogens with one attached hydrogen (secondary N) is 1. The van der Waals surface area contributed by atoms with Crippen LogP contribution in [-0.4, -0.2) is 10.9 Å². The van der Waals surface area contributed by atoms with Crippen molar-refractivity contribution >= 4 is 33.1 Å². The Labute approximate surface area is 190 Å². The highest BCUT2D eigenvalue weighted by Gasteiger charge is 2.10. The number of hydrogen-bond donors (Lipinski definition) is 1. The van der Waals surface area contributed by atoms with Crippen LogP contribution in [0.1, 0.15) is 5.56 Å². The van der Waals surface area contributed by atoms with E-state index in [9.17, 15) is 4.79 Å². The molecule has 1 amide bonds. The van der Waals surface area contributed by atoms with Gasteiger partial charge in [-0.2, -0.15) is 0 Å². The van der Waals surface area contributed by atoms with Crippen LogP contribution in [0.25, 0.3) is 22.0 Å². The zero-order chi connectivity index (χ0) is 21.8. The van der Waals surface area contributed by atoms with Gasteiger partial charge in [0.2, 0.25) is 5.91 Å². The number of amides is 1. The van der Waals surface area contributed by atoms with E-state index >= 15 is 0 Å². The van der Waals surface area contributed by atoms with E-state index in [0.717, 1.165) is 33.7 Å². The Morgan fingerprint density at radius 2 is 1.53 bits per heavy atom. The van der Waals surface area contributed by atoms with E-state index in [1.165, 1.54) is 16.7 Å². The number of anilines is 1. The summed E-state index contributed by atoms with van der Waals surface area (Å²) in [7, 11) is 0. The van der Waals surface area contributed by atoms with Crippen molar-refractivity contribution in [3.63, 3.8) is 0 Å². The van der Waals surface area contributed by atoms with Crippen molar-refractivity contribution in [2.75, 3.05) is 5.32 Å². The average Bonchev–Trinajstić information content (AvgIpc) is 3.28. The number of thiazole rings is 1. The average molecular weight is 437 g/mol. The second-order valence-electron chi connectivity index (χ2n) is 7.38. The smallest absolute Gasteiger partial charge is 0.230 e. The van der Waals surface area contributed by atoms with Crippen molar-refractivity contribution in [2.24, 2.45) is 0 Å². The molecule has 1 N–H and O–H groups in total. The number of para-hydroxylation sites is 1. The minimum Gasteiger partial charge on any atom is -0.457 e. The van der Waals surface area contributed by atoms with Crippen LogP contribution in [0, 0.1) is 0 Å². The topological polar surface area (TPSA) is 51.2 Å². The molecule has 5 heteroatoms. The van der Waals surface area contributed by atoms with Crippen LogP contribution in [0.5, 0.6) is 11.5 Å². The number of carbonyl (C=O) groups excluding carboxylic acids is 1. The molecule has 32 heavy (non-hydrogen) atoms. The zero-order valence-corrected chi connectivity index (χ0v) is 18.0. The monoisotopic (exact) mass is 436 g/mol. The minimum atomic E-state index is -0.0761. The predicted molar refractivity (Wildman–Crippen MR) is 130 cm³/mol. The van der Waals surface area contributed by atoms with Gasteiger partial charge in [0.25, 0.3) is 0 Å². The molecule has 0 unspecified atom stereocenters. The van der Waals surface area contributed by atoms with Crippen molar-refractivity contribution in [2.45, 2.75) is 6.42 Å². The first-order chi connectivity index (χ1) is 15.7. The second kappa shape index (κ2) is 9.04. The summed E-state index contributed by atoms with van der Waals surface area (Å²) in [4.78, 5) is 17.1. The van der Waals surface area contributed by atoms with Gasteiger partial charge in [-0.3, -0.25) is 4.79 Å². The molecule has 4 nitrogen and oxygen atoms in total. The number of rotatable bonds is 6. The molecule has 0 atom stereocenters. The maximum Gasteiger partial charge on any atom is 0.230 e. The Balaban J connectivity index is 1.22. The number of aromatic nitrogens is 1. The van der Waals surface area contributed by atoms with Crippen molar-refractivity contribution < 1.29 is 9.53 Å². The molecule has 5 aromatic rings. The number of hydrogen-bond acceptors (Lipinski definition) is 4. The van der Waals surface area contributed by atoms with Crippen LogP contribution in [-0.2, 0) is 11.2 Å². The molecule has 0 spiro atoms. The third-order valence-electron chi connectivity index (χ3n) is 5.06. The normalized spacial score (nSPS) is 10.8. The summed E-state index contributed by atoms with van der Waals surface area (Å²) in [6.45, 7) is 0. The molecule has 0 saturated carbocycles. The lowest BCUT2D eigenvalue weighted by Gasteiger charge is -2.06. The molecule has 156 valence electrons. The maximum atomic E-state index is 12.5. The highest BCUT2D eigenvalue weighted by atomic mass is 32.1. The summed E-state index contributed by atoms with van der Waals surface area (Å²) in [6, 6.07) is 31.7. The van der Waals surface area contributed by atoms with Crippen molar-refractivity contribution in [3.05, 3.63) is 108 Å². The third kappa shape index (κ3) is 4.68. The number of carbonyl (C=O) groups is 1. The molecule has 0 aliphatic rings. The van der Waals surface area contributed by atoms with Gasteiger partial charge in [0.15, 0.2) is 5.13 Å². The quantitative estimate of drug-likeness (QED) is 0.314. The highest BCUT2D eigenvalue weighted by molar-refractivity contribution is 7.14. The predicted octanol–water partition coefficient (Wildman–Crippen LogP) is 6.94. The van der Waals surface area contributed by atoms with Gasteiger partial charge in [0.05, 0.1) is 12.1 Å². The summed E-state index contributed by atoms with van der Waals surface area (Å²) in [6.07, 6.45) is 0.311. The molecule has 0 fully saturated rings. The first-order valence-corrected chi connectivity index (χ1v) is 11.2. The largest absolute Gasteiger partial charge is 0.457 e. The number of nitrogens with zero attached hydrogens (tertiary/aromatic N) is 1. The molecule has 0 aliphatic heterocycles. The lowest BCUT2D eigenvalue weighted by atomic mass is 10.1. The molecule has 5 rings (SSSR count). The molecule has 0 radical (unpaired) electrons. The van der Waals surface area contributed by atoms with Crippen molar-refractivity contribution in [1.82, 2.24) is 4.98 Å². The van der Waals surface area contributed by atoms with Gasteiger partial charge in [-0.1, -0.05) is 60.7 Å². The molecule has 0 bridgehead atoms. The Morgan fingerprint density at radius 3 is 2.34 bits per heavy atom. The van der Waals surface area contributed by atoms with Crippen molar-refractivity contribution in [1.29, 1.82) is 0 Å². The fourth-order valence-electron chi connectivity index (χ4n) is 3.48. The minimum absolute atomic E-state index is 0.0761. The van der Waals surface area contributed by atoms with Gasteiger partial charge in [0.1, 0.15) is 11.5 Å². The van der Waals surface area contributed by atoms with Gasteiger partial charge in [-0.15, -0.1) is 11.3 Å². The number of fused-ring (bicyclic) bond motifs is 1. The van der Waals surface area contributed by atoms with E-state index in [4.69, 9.17) is 4.74 Å². The van der Waals surface area contributed by atoms with Crippen LogP contribution >= 0.6 is 11.3 Å². The van der Waals surface area contributed by atoms with E-state index in [-0.39, 0.29) is 5.91 Å². The Morgan fingerprint density at radius 1 is 0.812 bits per heavy atom. The lowest BCUT2D eigenvalue weighted by molar-refractivity contribution is -0.115. The fraction of sp³-hybridized carbons (Fsp3) is 0.0370. The zero-order valence-electron chi connectivity index (χ0n) is 17.2. The number of ether oxygens (including phenoxy) is 1. The summed E-state index contributed by atoms with van der Waals surface area (Å²) in [5.74, 6) is 1.48. The summed E-state index contributed by atoms with van der Waals surface area (Å²) in [5.41, 5.74) is 2.77. The third-order valence-corrected chi connectivity index (χ3v) is 5.82. The van der Waals surface area contributed by atoms with Gasteiger partial charge in [-0.05, 0) is 52.7 Å². The van der Waals surface area contributed by atoms with Gasteiger partial charge in [0, 0.05) is 10.9 Å². The van der Waals surface area contributed by atoms with E-state index in [1.807, 2.05) is 84.2 Å². The molecule has 4 aromatic carbocycles. The molecular weight excluding hydrogens is 416 g/mol. The molecule has 1 heterocycles. The first kappa shape index (κ1) is 20.0. The van der Waals surface area contributed by atoms with Crippen LogP contribution in [0.3, 0.4) is 0 Å². The highest BCUT2D eigenvalue weighted by Crippen LogP contribution is 2.28. The van der Waals surface area contributed by atoms with Crippen LogP contribution in [0.4, 0.5) is 5.13 Å². The Bertz CT molecular complexity index is 1360.